The van der Waals surface area contributed by atoms with Crippen LogP contribution in [-0.2, 0) is 11.3 Å². The van der Waals surface area contributed by atoms with Crippen molar-refractivity contribution in [1.29, 1.82) is 0 Å². The lowest BCUT2D eigenvalue weighted by Crippen LogP contribution is -2.50. The van der Waals surface area contributed by atoms with Gasteiger partial charge in [0.25, 0.3) is 0 Å². The van der Waals surface area contributed by atoms with Gasteiger partial charge in [0.15, 0.2) is 5.75 Å². The Morgan fingerprint density at radius 1 is 1.29 bits per heavy atom. The highest BCUT2D eigenvalue weighted by Gasteiger charge is 2.50. The number of aromatic nitrogens is 1. The second-order valence-corrected chi connectivity index (χ2v) is 4.78. The molecule has 1 aromatic heterocycles. The van der Waals surface area contributed by atoms with Crippen LogP contribution < -0.4 is 9.64 Å². The molecule has 21 heavy (non-hydrogen) atoms. The molecule has 0 bridgehead atoms. The highest BCUT2D eigenvalue weighted by molar-refractivity contribution is 6.00. The molecule has 0 fully saturated rings. The standard InChI is InChI=1S/C14H12F2N2O3/c1-8-10(9(2)21-17-8)7-18-11-5-3-4-6-12(11)20-14(15,16)13(18)19/h3-6H,7H2,1-2H3. The molecule has 0 N–H and O–H groups in total. The third kappa shape index (κ3) is 2.14. The molecule has 7 heteroatoms. The summed E-state index contributed by atoms with van der Waals surface area (Å²) in [7, 11) is 0. The lowest BCUT2D eigenvalue weighted by atomic mass is 10.1. The minimum absolute atomic E-state index is 0.0335. The first kappa shape index (κ1) is 13.5. The van der Waals surface area contributed by atoms with Gasteiger partial charge in [-0.2, -0.15) is 8.78 Å². The Hall–Kier alpha value is -2.44. The van der Waals surface area contributed by atoms with E-state index < -0.39 is 12.0 Å². The maximum atomic E-state index is 13.7. The molecule has 110 valence electrons. The average molecular weight is 294 g/mol. The minimum Gasteiger partial charge on any atom is -0.423 e. The number of aryl methyl sites for hydroxylation is 2. The molecule has 0 atom stereocenters. The number of carbonyl (C=O) groups is 1. The Kier molecular flexibility index (Phi) is 2.93. The van der Waals surface area contributed by atoms with Crippen LogP contribution in [0.25, 0.3) is 0 Å². The van der Waals surface area contributed by atoms with E-state index in [0.717, 1.165) is 4.90 Å². The van der Waals surface area contributed by atoms with Crippen LogP contribution in [0.1, 0.15) is 17.0 Å². The molecule has 0 saturated heterocycles. The van der Waals surface area contributed by atoms with Gasteiger partial charge in [0, 0.05) is 5.56 Å². The van der Waals surface area contributed by atoms with Crippen molar-refractivity contribution in [2.75, 3.05) is 4.90 Å². The fourth-order valence-corrected chi connectivity index (χ4v) is 2.26. The maximum Gasteiger partial charge on any atom is 0.482 e. The maximum absolute atomic E-state index is 13.7. The number of benzene rings is 1. The van der Waals surface area contributed by atoms with Crippen LogP contribution in [0.4, 0.5) is 14.5 Å². The van der Waals surface area contributed by atoms with E-state index >= 15 is 0 Å². The molecular formula is C14H12F2N2O3. The third-order valence-corrected chi connectivity index (χ3v) is 3.39. The van der Waals surface area contributed by atoms with Crippen LogP contribution in [0.2, 0.25) is 0 Å². The number of rotatable bonds is 2. The van der Waals surface area contributed by atoms with Gasteiger partial charge >= 0.3 is 12.0 Å². The lowest BCUT2D eigenvalue weighted by molar-refractivity contribution is -0.193. The fraction of sp³-hybridized carbons (Fsp3) is 0.286. The van der Waals surface area contributed by atoms with Crippen molar-refractivity contribution in [2.45, 2.75) is 26.5 Å². The monoisotopic (exact) mass is 294 g/mol. The summed E-state index contributed by atoms with van der Waals surface area (Å²) in [5.74, 6) is -0.942. The molecule has 0 aliphatic carbocycles. The number of carbonyl (C=O) groups excluding carboxylic acids is 1. The molecule has 1 amide bonds. The van der Waals surface area contributed by atoms with E-state index in [4.69, 9.17) is 4.52 Å². The number of hydrogen-bond donors (Lipinski definition) is 0. The van der Waals surface area contributed by atoms with Crippen molar-refractivity contribution >= 4 is 11.6 Å². The predicted octanol–water partition coefficient (Wildman–Crippen LogP) is 2.81. The second kappa shape index (κ2) is 4.54. The fourth-order valence-electron chi connectivity index (χ4n) is 2.26. The number of alkyl halides is 2. The summed E-state index contributed by atoms with van der Waals surface area (Å²) in [6.07, 6.45) is -3.88. The molecule has 0 spiro atoms. The van der Waals surface area contributed by atoms with Gasteiger partial charge in [0.2, 0.25) is 0 Å². The van der Waals surface area contributed by atoms with Gasteiger partial charge in [0.05, 0.1) is 17.9 Å². The van der Waals surface area contributed by atoms with Crippen molar-refractivity contribution in [3.8, 4) is 5.75 Å². The average Bonchev–Trinajstić information content (AvgIpc) is 2.75. The Bertz CT molecular complexity index is 692. The van der Waals surface area contributed by atoms with Crippen LogP contribution in [0.5, 0.6) is 5.75 Å². The SMILES string of the molecule is Cc1noc(C)c1CN1C(=O)C(F)(F)Oc2ccccc21. The number of fused-ring (bicyclic) bond motifs is 1. The normalized spacial score (nSPS) is 16.6. The molecule has 1 aromatic carbocycles. The van der Waals surface area contributed by atoms with Gasteiger partial charge in [-0.05, 0) is 26.0 Å². The van der Waals surface area contributed by atoms with E-state index in [9.17, 15) is 13.6 Å². The summed E-state index contributed by atoms with van der Waals surface area (Å²) in [6.45, 7) is 3.32. The summed E-state index contributed by atoms with van der Waals surface area (Å²) in [4.78, 5) is 12.9. The van der Waals surface area contributed by atoms with E-state index in [2.05, 4.69) is 9.89 Å². The Balaban J connectivity index is 2.06. The zero-order chi connectivity index (χ0) is 15.2. The van der Waals surface area contributed by atoms with Gasteiger partial charge < -0.3 is 9.26 Å². The minimum atomic E-state index is -3.88. The number of halogens is 2. The zero-order valence-corrected chi connectivity index (χ0v) is 11.4. The van der Waals surface area contributed by atoms with E-state index in [1.165, 1.54) is 6.07 Å². The molecule has 1 aliphatic heterocycles. The Morgan fingerprint density at radius 2 is 2.00 bits per heavy atom. The Morgan fingerprint density at radius 3 is 2.67 bits per heavy atom. The number of anilines is 1. The number of ether oxygens (including phenoxy) is 1. The molecule has 0 unspecified atom stereocenters. The molecule has 0 saturated carbocycles. The number of nitrogens with zero attached hydrogens (tertiary/aromatic N) is 2. The van der Waals surface area contributed by atoms with E-state index in [1.54, 1.807) is 32.0 Å². The van der Waals surface area contributed by atoms with Gasteiger partial charge in [-0.15, -0.1) is 0 Å². The highest BCUT2D eigenvalue weighted by atomic mass is 19.3. The summed E-state index contributed by atoms with van der Waals surface area (Å²) in [5.41, 5.74) is 1.47. The van der Waals surface area contributed by atoms with Crippen LogP contribution >= 0.6 is 0 Å². The molecule has 5 nitrogen and oxygen atoms in total. The summed E-state index contributed by atoms with van der Waals surface area (Å²) < 4.78 is 36.9. The quantitative estimate of drug-likeness (QED) is 0.854. The van der Waals surface area contributed by atoms with Crippen molar-refractivity contribution < 1.29 is 22.8 Å². The third-order valence-electron chi connectivity index (χ3n) is 3.39. The number of amides is 1. The number of para-hydroxylation sites is 2. The summed E-state index contributed by atoms with van der Waals surface area (Å²) in [5, 5.41) is 3.77. The topological polar surface area (TPSA) is 55.6 Å². The van der Waals surface area contributed by atoms with Crippen LogP contribution in [0.15, 0.2) is 28.8 Å². The van der Waals surface area contributed by atoms with Crippen molar-refractivity contribution in [3.63, 3.8) is 0 Å². The lowest BCUT2D eigenvalue weighted by Gasteiger charge is -2.33. The second-order valence-electron chi connectivity index (χ2n) is 4.78. The molecule has 2 heterocycles. The van der Waals surface area contributed by atoms with Gasteiger partial charge in [-0.1, -0.05) is 17.3 Å². The van der Waals surface area contributed by atoms with Crippen molar-refractivity contribution in [3.05, 3.63) is 41.3 Å². The molecule has 1 aliphatic rings. The van der Waals surface area contributed by atoms with Gasteiger partial charge in [-0.25, -0.2) is 0 Å². The van der Waals surface area contributed by atoms with E-state index in [-0.39, 0.29) is 12.3 Å². The first-order valence-corrected chi connectivity index (χ1v) is 6.29. The Labute approximate surface area is 119 Å². The zero-order valence-electron chi connectivity index (χ0n) is 11.4. The molecule has 2 aromatic rings. The summed E-state index contributed by atoms with van der Waals surface area (Å²) >= 11 is 0. The van der Waals surface area contributed by atoms with E-state index in [1.807, 2.05) is 0 Å². The largest absolute Gasteiger partial charge is 0.482 e. The van der Waals surface area contributed by atoms with Crippen LogP contribution in [0, 0.1) is 13.8 Å². The first-order valence-electron chi connectivity index (χ1n) is 6.29. The highest BCUT2D eigenvalue weighted by Crippen LogP contribution is 2.40. The van der Waals surface area contributed by atoms with E-state index in [0.29, 0.717) is 22.7 Å². The first-order chi connectivity index (χ1) is 9.90. The predicted molar refractivity (Wildman–Crippen MR) is 69.2 cm³/mol. The molecule has 3 rings (SSSR count). The van der Waals surface area contributed by atoms with Crippen LogP contribution in [0.3, 0.4) is 0 Å². The van der Waals surface area contributed by atoms with Crippen molar-refractivity contribution in [2.24, 2.45) is 0 Å². The van der Waals surface area contributed by atoms with Gasteiger partial charge in [0.1, 0.15) is 5.76 Å². The van der Waals surface area contributed by atoms with Crippen LogP contribution in [-0.4, -0.2) is 17.2 Å². The van der Waals surface area contributed by atoms with Gasteiger partial charge in [-0.3, -0.25) is 9.69 Å². The molecular weight excluding hydrogens is 282 g/mol. The van der Waals surface area contributed by atoms with Crippen molar-refractivity contribution in [1.82, 2.24) is 5.16 Å². The smallest absolute Gasteiger partial charge is 0.423 e. The molecule has 0 radical (unpaired) electrons. The number of hydrogen-bond acceptors (Lipinski definition) is 4. The summed E-state index contributed by atoms with van der Waals surface area (Å²) in [6, 6.07) is 6.18.